The Morgan fingerprint density at radius 2 is 1.97 bits per heavy atom. The predicted octanol–water partition coefficient (Wildman–Crippen LogP) is 4.51. The van der Waals surface area contributed by atoms with Crippen molar-refractivity contribution >= 4 is 23.5 Å². The van der Waals surface area contributed by atoms with E-state index in [9.17, 15) is 18.7 Å². The maximum Gasteiger partial charge on any atom is 0.319 e. The first kappa shape index (κ1) is 20.8. The highest BCUT2D eigenvalue weighted by atomic mass is 32.2. The number of nitrogens with zero attached hydrogens (tertiary/aromatic N) is 1. The van der Waals surface area contributed by atoms with Crippen LogP contribution in [0.4, 0.5) is 19.3 Å². The summed E-state index contributed by atoms with van der Waals surface area (Å²) in [6.45, 7) is -0.219. The molecule has 3 N–H and O–H groups in total. The number of pyridine rings is 1. The van der Waals surface area contributed by atoms with Crippen LogP contribution in [0.1, 0.15) is 17.2 Å². The molecule has 3 aromatic rings. The highest BCUT2D eigenvalue weighted by Gasteiger charge is 2.14. The van der Waals surface area contributed by atoms with Crippen LogP contribution < -0.4 is 10.6 Å². The second kappa shape index (κ2) is 9.99. The highest BCUT2D eigenvalue weighted by molar-refractivity contribution is 7.98. The molecule has 1 atom stereocenters. The minimum atomic E-state index is -1.29. The van der Waals surface area contributed by atoms with Crippen LogP contribution in [0.5, 0.6) is 0 Å². The van der Waals surface area contributed by atoms with Crippen molar-refractivity contribution in [3.8, 4) is 0 Å². The molecule has 0 spiro atoms. The molecule has 1 unspecified atom stereocenters. The van der Waals surface area contributed by atoms with E-state index in [0.29, 0.717) is 17.5 Å². The average Bonchev–Trinajstić information content (AvgIpc) is 2.71. The van der Waals surface area contributed by atoms with Crippen LogP contribution >= 0.6 is 11.8 Å². The number of anilines is 1. The largest absolute Gasteiger partial charge is 0.386 e. The van der Waals surface area contributed by atoms with Gasteiger partial charge in [-0.15, -0.1) is 11.8 Å². The Balaban J connectivity index is 1.51. The number of aromatic nitrogens is 1. The molecule has 0 saturated carbocycles. The number of amides is 2. The number of rotatable bonds is 7. The lowest BCUT2D eigenvalue weighted by Gasteiger charge is -2.14. The fraction of sp³-hybridized carbons (Fsp3) is 0.143. The lowest BCUT2D eigenvalue weighted by atomic mass is 10.1. The average molecular weight is 415 g/mol. The van der Waals surface area contributed by atoms with E-state index in [1.54, 1.807) is 24.0 Å². The molecule has 0 saturated heterocycles. The van der Waals surface area contributed by atoms with Crippen molar-refractivity contribution in [2.75, 3.05) is 11.9 Å². The van der Waals surface area contributed by atoms with E-state index in [4.69, 9.17) is 0 Å². The number of nitrogens with one attached hydrogen (secondary N) is 2. The molecule has 29 heavy (non-hydrogen) atoms. The Morgan fingerprint density at radius 1 is 1.10 bits per heavy atom. The quantitative estimate of drug-likeness (QED) is 0.497. The number of hydrogen-bond donors (Lipinski definition) is 3. The van der Waals surface area contributed by atoms with Crippen molar-refractivity contribution in [2.45, 2.75) is 16.9 Å². The number of aliphatic hydroxyl groups excluding tert-OH is 1. The molecule has 1 aromatic heterocycles. The molecule has 0 aliphatic carbocycles. The summed E-state index contributed by atoms with van der Waals surface area (Å²) in [6, 6.07) is 15.4. The maximum absolute atomic E-state index is 13.7. The summed E-state index contributed by atoms with van der Waals surface area (Å²) in [7, 11) is 0. The van der Waals surface area contributed by atoms with Gasteiger partial charge < -0.3 is 15.7 Å². The summed E-state index contributed by atoms with van der Waals surface area (Å²) in [4.78, 5) is 16.3. The van der Waals surface area contributed by atoms with Crippen molar-refractivity contribution in [1.82, 2.24) is 10.3 Å². The molecule has 0 radical (unpaired) electrons. The van der Waals surface area contributed by atoms with Crippen molar-refractivity contribution in [1.29, 1.82) is 0 Å². The van der Waals surface area contributed by atoms with Gasteiger partial charge in [0, 0.05) is 35.8 Å². The molecule has 0 fully saturated rings. The molecule has 0 bridgehead atoms. The molecule has 0 aliphatic heterocycles. The van der Waals surface area contributed by atoms with Gasteiger partial charge in [0.05, 0.1) is 11.1 Å². The molecule has 3 rings (SSSR count). The molecular weight excluding hydrogens is 396 g/mol. The second-order valence-corrected chi connectivity index (χ2v) is 7.17. The Bertz CT molecular complexity index is 973. The van der Waals surface area contributed by atoms with E-state index in [0.717, 1.165) is 22.7 Å². The first-order valence-corrected chi connectivity index (χ1v) is 9.80. The molecule has 0 aliphatic rings. The van der Waals surface area contributed by atoms with Crippen LogP contribution in [0.3, 0.4) is 0 Å². The Labute approximate surface area is 171 Å². The fourth-order valence-corrected chi connectivity index (χ4v) is 3.38. The molecule has 5 nitrogen and oxygen atoms in total. The molecule has 2 amide bonds. The van der Waals surface area contributed by atoms with Crippen LogP contribution in [-0.2, 0) is 5.75 Å². The normalized spacial score (nSPS) is 11.7. The Kier molecular flexibility index (Phi) is 7.15. The van der Waals surface area contributed by atoms with E-state index in [-0.39, 0.29) is 12.1 Å². The Hall–Kier alpha value is -2.97. The Morgan fingerprint density at radius 3 is 2.72 bits per heavy atom. The smallest absolute Gasteiger partial charge is 0.319 e. The minimum Gasteiger partial charge on any atom is -0.386 e. The zero-order valence-corrected chi connectivity index (χ0v) is 16.1. The summed E-state index contributed by atoms with van der Waals surface area (Å²) in [5, 5.41) is 16.1. The van der Waals surface area contributed by atoms with E-state index in [1.165, 1.54) is 0 Å². The molecule has 2 aromatic carbocycles. The van der Waals surface area contributed by atoms with Gasteiger partial charge in [-0.2, -0.15) is 0 Å². The van der Waals surface area contributed by atoms with Crippen molar-refractivity contribution in [3.63, 3.8) is 0 Å². The van der Waals surface area contributed by atoms with E-state index in [1.807, 2.05) is 36.4 Å². The lowest BCUT2D eigenvalue weighted by Crippen LogP contribution is -2.32. The van der Waals surface area contributed by atoms with Gasteiger partial charge >= 0.3 is 6.03 Å². The maximum atomic E-state index is 13.7. The van der Waals surface area contributed by atoms with Crippen molar-refractivity contribution < 1.29 is 18.7 Å². The van der Waals surface area contributed by atoms with E-state index < -0.39 is 23.8 Å². The van der Waals surface area contributed by atoms with Gasteiger partial charge in [-0.25, -0.2) is 18.6 Å². The van der Waals surface area contributed by atoms with Crippen LogP contribution in [-0.4, -0.2) is 22.7 Å². The third-order valence-corrected chi connectivity index (χ3v) is 5.00. The molecular formula is C21H19F2N3O2S. The van der Waals surface area contributed by atoms with Crippen LogP contribution in [0, 0.1) is 11.6 Å². The second-order valence-electron chi connectivity index (χ2n) is 6.17. The minimum absolute atomic E-state index is 0.0831. The SMILES string of the molecule is O=C(NCC(O)c1ccc(F)cc1F)Nc1cccc(CSc2ccccn2)c1. The summed E-state index contributed by atoms with van der Waals surface area (Å²) in [5.74, 6) is -0.903. The van der Waals surface area contributed by atoms with Crippen LogP contribution in [0.25, 0.3) is 0 Å². The van der Waals surface area contributed by atoms with Crippen LogP contribution in [0.15, 0.2) is 71.9 Å². The summed E-state index contributed by atoms with van der Waals surface area (Å²) < 4.78 is 26.6. The topological polar surface area (TPSA) is 74.2 Å². The molecule has 8 heteroatoms. The van der Waals surface area contributed by atoms with Gasteiger partial charge in [0.25, 0.3) is 0 Å². The third kappa shape index (κ3) is 6.27. The monoisotopic (exact) mass is 415 g/mol. The number of benzene rings is 2. The fourth-order valence-electron chi connectivity index (χ4n) is 2.57. The van der Waals surface area contributed by atoms with Gasteiger partial charge in [0.1, 0.15) is 11.6 Å². The van der Waals surface area contributed by atoms with E-state index >= 15 is 0 Å². The van der Waals surface area contributed by atoms with Crippen molar-refractivity contribution in [3.05, 3.63) is 89.6 Å². The number of urea groups is 1. The van der Waals surface area contributed by atoms with Gasteiger partial charge in [-0.05, 0) is 35.9 Å². The van der Waals surface area contributed by atoms with E-state index in [2.05, 4.69) is 15.6 Å². The number of thioether (sulfide) groups is 1. The zero-order chi connectivity index (χ0) is 20.6. The first-order chi connectivity index (χ1) is 14.0. The van der Waals surface area contributed by atoms with Gasteiger partial charge in [0.15, 0.2) is 0 Å². The van der Waals surface area contributed by atoms with Gasteiger partial charge in [0.2, 0.25) is 0 Å². The molecule has 1 heterocycles. The summed E-state index contributed by atoms with van der Waals surface area (Å²) in [5.41, 5.74) is 1.51. The number of halogens is 2. The summed E-state index contributed by atoms with van der Waals surface area (Å²) in [6.07, 6.45) is 0.444. The van der Waals surface area contributed by atoms with Gasteiger partial charge in [-0.1, -0.05) is 24.3 Å². The van der Waals surface area contributed by atoms with Crippen LogP contribution in [0.2, 0.25) is 0 Å². The number of hydrogen-bond acceptors (Lipinski definition) is 4. The van der Waals surface area contributed by atoms with Crippen molar-refractivity contribution in [2.24, 2.45) is 0 Å². The third-order valence-electron chi connectivity index (χ3n) is 3.99. The highest BCUT2D eigenvalue weighted by Crippen LogP contribution is 2.22. The number of carbonyl (C=O) groups excluding carboxylic acids is 1. The van der Waals surface area contributed by atoms with Gasteiger partial charge in [-0.3, -0.25) is 0 Å². The number of carbonyl (C=O) groups is 1. The predicted molar refractivity (Wildman–Crippen MR) is 109 cm³/mol. The molecule has 150 valence electrons. The zero-order valence-electron chi connectivity index (χ0n) is 15.3. The lowest BCUT2D eigenvalue weighted by molar-refractivity contribution is 0.170. The number of aliphatic hydroxyl groups is 1. The first-order valence-electron chi connectivity index (χ1n) is 8.82. The summed E-state index contributed by atoms with van der Waals surface area (Å²) >= 11 is 1.58. The standard InChI is InChI=1S/C21H19F2N3O2S/c22-15-7-8-17(18(23)11-15)19(27)12-25-21(28)26-16-5-3-4-14(10-16)13-29-20-6-1-2-9-24-20/h1-11,19,27H,12-13H2,(H2,25,26,28).